The van der Waals surface area contributed by atoms with Gasteiger partial charge >= 0.3 is 12.6 Å². The third-order valence-electron chi connectivity index (χ3n) is 9.22. The van der Waals surface area contributed by atoms with Crippen LogP contribution in [0, 0.1) is 23.0 Å². The maximum Gasteiger partial charge on any atom is 0.345 e. The molecular weight excluding hydrogens is 667 g/mol. The molecule has 3 aliphatic rings. The maximum absolute atomic E-state index is 17.0. The first-order chi connectivity index (χ1) is 22.5. The van der Waals surface area contributed by atoms with E-state index in [9.17, 15) is 22.8 Å². The number of ether oxygens (including phenoxy) is 3. The molecule has 4 aromatic rings. The highest BCUT2D eigenvalue weighted by molar-refractivity contribution is 7.23. The van der Waals surface area contributed by atoms with Crippen LogP contribution in [0.15, 0.2) is 12.1 Å². The van der Waals surface area contributed by atoms with Crippen molar-refractivity contribution >= 4 is 54.7 Å². The van der Waals surface area contributed by atoms with Gasteiger partial charge in [-0.2, -0.15) is 24.0 Å². The molecular formula is C31H28ClF5N6O3S. The van der Waals surface area contributed by atoms with Gasteiger partial charge in [0.05, 0.1) is 45.4 Å². The lowest BCUT2D eigenvalue weighted by Crippen LogP contribution is -2.43. The van der Waals surface area contributed by atoms with Gasteiger partial charge in [-0.25, -0.2) is 13.2 Å². The summed E-state index contributed by atoms with van der Waals surface area (Å²) in [6.45, 7) is -0.562. The molecule has 0 spiro atoms. The van der Waals surface area contributed by atoms with Gasteiger partial charge in [0.25, 0.3) is 0 Å². The number of halogens is 6. The van der Waals surface area contributed by atoms with E-state index in [2.05, 4.69) is 14.7 Å². The van der Waals surface area contributed by atoms with Gasteiger partial charge in [0.2, 0.25) is 0 Å². The van der Waals surface area contributed by atoms with Crippen LogP contribution in [0.5, 0.6) is 11.8 Å². The Kier molecular flexibility index (Phi) is 8.18. The first-order valence-electron chi connectivity index (χ1n) is 15.0. The zero-order valence-electron chi connectivity index (χ0n) is 25.0. The van der Waals surface area contributed by atoms with Crippen molar-refractivity contribution in [3.8, 4) is 29.0 Å². The minimum absolute atomic E-state index is 0.00487. The number of nitrogen functional groups attached to an aromatic ring is 1. The number of nitrogens with zero attached hydrogens (tertiary/aromatic N) is 5. The van der Waals surface area contributed by atoms with Crippen LogP contribution in [-0.2, 0) is 4.74 Å². The molecule has 2 N–H and O–H groups in total. The standard InChI is InChI=1S/C31H28ClF5N6O3S/c1-14(12-45-29(36)37)43-7-8-44-25-21-24(40-30(41-28(21)43)46-13-31-5-2-6-42(31)11-15(33)9-31)23(35)20(22(25)32)16-3-4-18(34)26-19(16)17(10-38)27(39)47-26/h3-4,14-15,29H,2,5-9,11-13,39H2,1H3/t14?,15-,31+/m1/s1. The first-order valence-corrected chi connectivity index (χ1v) is 16.2. The van der Waals surface area contributed by atoms with Gasteiger partial charge in [-0.3, -0.25) is 4.90 Å². The number of benzene rings is 2. The topological polar surface area (TPSA) is 110 Å². The minimum atomic E-state index is -3.01. The summed E-state index contributed by atoms with van der Waals surface area (Å²) in [5.41, 5.74) is 5.08. The van der Waals surface area contributed by atoms with Gasteiger partial charge in [-0.05, 0) is 37.9 Å². The molecule has 0 saturated carbocycles. The normalized spacial score (nSPS) is 21.7. The SMILES string of the molecule is CC(COC(F)F)N1CCOc2c(Cl)c(-c3ccc(F)c4sc(N)c(C#N)c34)c(F)c3nc(OC[C@@]45CCCN4C[C@H](F)C5)nc1c23. The Morgan fingerprint density at radius 3 is 2.83 bits per heavy atom. The van der Waals surface area contributed by atoms with Crippen LogP contribution in [0.2, 0.25) is 5.02 Å². The van der Waals surface area contributed by atoms with Crippen LogP contribution in [0.4, 0.5) is 32.8 Å². The van der Waals surface area contributed by atoms with E-state index in [-0.39, 0.29) is 98.1 Å². The van der Waals surface area contributed by atoms with Crippen LogP contribution in [0.25, 0.3) is 32.1 Å². The monoisotopic (exact) mass is 694 g/mol. The molecule has 1 unspecified atom stereocenters. The second kappa shape index (κ2) is 12.1. The fourth-order valence-corrected chi connectivity index (χ4v) is 8.40. The summed E-state index contributed by atoms with van der Waals surface area (Å²) in [4.78, 5) is 12.7. The van der Waals surface area contributed by atoms with Crippen LogP contribution in [0.3, 0.4) is 0 Å². The summed E-state index contributed by atoms with van der Waals surface area (Å²) >= 11 is 7.75. The highest BCUT2D eigenvalue weighted by atomic mass is 35.5. The molecule has 2 fully saturated rings. The molecule has 3 atom stereocenters. The summed E-state index contributed by atoms with van der Waals surface area (Å²) in [6.07, 6.45) is 0.848. The summed E-state index contributed by atoms with van der Waals surface area (Å²) < 4.78 is 89.2. The van der Waals surface area contributed by atoms with Crippen molar-refractivity contribution in [1.29, 1.82) is 5.26 Å². The van der Waals surface area contributed by atoms with E-state index in [0.717, 1.165) is 30.4 Å². The molecule has 248 valence electrons. The molecule has 16 heteroatoms. The summed E-state index contributed by atoms with van der Waals surface area (Å²) in [5, 5.41) is 9.89. The molecule has 9 nitrogen and oxygen atoms in total. The van der Waals surface area contributed by atoms with E-state index in [0.29, 0.717) is 13.0 Å². The molecule has 47 heavy (non-hydrogen) atoms. The van der Waals surface area contributed by atoms with E-state index in [1.807, 2.05) is 11.0 Å². The van der Waals surface area contributed by atoms with Crippen LogP contribution in [0.1, 0.15) is 31.7 Å². The lowest BCUT2D eigenvalue weighted by Gasteiger charge is -2.31. The fraction of sp³-hybridized carbons (Fsp3) is 0.452. The largest absolute Gasteiger partial charge is 0.489 e. The van der Waals surface area contributed by atoms with Gasteiger partial charge in [-0.15, -0.1) is 11.3 Å². The highest BCUT2D eigenvalue weighted by Gasteiger charge is 2.49. The van der Waals surface area contributed by atoms with Crippen molar-refractivity contribution in [3.63, 3.8) is 0 Å². The summed E-state index contributed by atoms with van der Waals surface area (Å²) in [7, 11) is 0. The minimum Gasteiger partial charge on any atom is -0.489 e. The van der Waals surface area contributed by atoms with Crippen molar-refractivity contribution in [2.75, 3.05) is 50.1 Å². The van der Waals surface area contributed by atoms with E-state index in [1.54, 1.807) is 11.8 Å². The number of nitriles is 1. The maximum atomic E-state index is 17.0. The van der Waals surface area contributed by atoms with Crippen molar-refractivity contribution in [2.45, 2.75) is 50.6 Å². The van der Waals surface area contributed by atoms with Crippen molar-refractivity contribution < 1.29 is 36.2 Å². The average Bonchev–Trinajstić information content (AvgIpc) is 3.63. The van der Waals surface area contributed by atoms with E-state index < -0.39 is 36.0 Å². The average molecular weight is 695 g/mol. The third kappa shape index (κ3) is 5.26. The van der Waals surface area contributed by atoms with Gasteiger partial charge in [0, 0.05) is 23.9 Å². The lowest BCUT2D eigenvalue weighted by atomic mass is 9.95. The Hall–Kier alpha value is -3.71. The third-order valence-corrected chi connectivity index (χ3v) is 10.6. The Bertz CT molecular complexity index is 1940. The molecule has 0 amide bonds. The summed E-state index contributed by atoms with van der Waals surface area (Å²) in [5.74, 6) is -1.45. The smallest absolute Gasteiger partial charge is 0.345 e. The molecule has 0 aliphatic carbocycles. The number of fused-ring (bicyclic) bond motifs is 2. The van der Waals surface area contributed by atoms with E-state index >= 15 is 4.39 Å². The fourth-order valence-electron chi connectivity index (χ4n) is 7.12. The number of thiophene rings is 1. The predicted molar refractivity (Wildman–Crippen MR) is 167 cm³/mol. The highest BCUT2D eigenvalue weighted by Crippen LogP contribution is 2.51. The quantitative estimate of drug-likeness (QED) is 0.202. The van der Waals surface area contributed by atoms with Crippen LogP contribution in [-0.4, -0.2) is 78.7 Å². The van der Waals surface area contributed by atoms with Crippen LogP contribution < -0.4 is 20.1 Å². The molecule has 3 aliphatic heterocycles. The Morgan fingerprint density at radius 1 is 1.26 bits per heavy atom. The number of rotatable bonds is 8. The first kappa shape index (κ1) is 31.9. The number of anilines is 2. The van der Waals surface area contributed by atoms with Gasteiger partial charge in [0.1, 0.15) is 47.6 Å². The lowest BCUT2D eigenvalue weighted by molar-refractivity contribution is -0.131. The van der Waals surface area contributed by atoms with E-state index in [1.165, 1.54) is 6.07 Å². The number of hydrogen-bond acceptors (Lipinski definition) is 10. The Balaban J connectivity index is 1.43. The van der Waals surface area contributed by atoms with Crippen molar-refractivity contribution in [2.24, 2.45) is 0 Å². The molecule has 2 aromatic carbocycles. The van der Waals surface area contributed by atoms with Crippen molar-refractivity contribution in [3.05, 3.63) is 34.4 Å². The number of alkyl halides is 3. The molecule has 0 bridgehead atoms. The van der Waals surface area contributed by atoms with Crippen molar-refractivity contribution in [1.82, 2.24) is 14.9 Å². The molecule has 5 heterocycles. The molecule has 2 saturated heterocycles. The van der Waals surface area contributed by atoms with Crippen LogP contribution >= 0.6 is 22.9 Å². The van der Waals surface area contributed by atoms with Gasteiger partial charge in [-0.1, -0.05) is 17.7 Å². The molecule has 0 radical (unpaired) electrons. The Morgan fingerprint density at radius 2 is 2.06 bits per heavy atom. The Labute approximate surface area is 274 Å². The second-order valence-electron chi connectivity index (χ2n) is 12.0. The molecule has 7 rings (SSSR count). The van der Waals surface area contributed by atoms with Gasteiger partial charge in [0.15, 0.2) is 11.6 Å². The van der Waals surface area contributed by atoms with E-state index in [4.69, 9.17) is 26.8 Å². The molecule has 2 aromatic heterocycles. The number of nitrogens with two attached hydrogens (primary N) is 1. The zero-order chi connectivity index (χ0) is 33.2. The summed E-state index contributed by atoms with van der Waals surface area (Å²) in [6, 6.07) is 3.52. The number of aromatic nitrogens is 2. The predicted octanol–water partition coefficient (Wildman–Crippen LogP) is 6.68. The second-order valence-corrected chi connectivity index (χ2v) is 13.4. The zero-order valence-corrected chi connectivity index (χ0v) is 26.5. The van der Waals surface area contributed by atoms with Gasteiger partial charge < -0.3 is 24.8 Å². The number of hydrogen-bond donors (Lipinski definition) is 1.